The first kappa shape index (κ1) is 22.0. The average Bonchev–Trinajstić information content (AvgIpc) is 2.81. The Morgan fingerprint density at radius 3 is 2.39 bits per heavy atom. The van der Waals surface area contributed by atoms with Crippen LogP contribution in [0.4, 0.5) is 10.5 Å². The molecule has 0 saturated carbocycles. The van der Waals surface area contributed by atoms with Crippen LogP contribution in [0.15, 0.2) is 54.6 Å². The van der Waals surface area contributed by atoms with E-state index < -0.39 is 0 Å². The van der Waals surface area contributed by atoms with E-state index in [1.807, 2.05) is 23.1 Å². The molecule has 0 radical (unpaired) electrons. The number of nitrogens with zero attached hydrogens (tertiary/aromatic N) is 3. The first-order valence-electron chi connectivity index (χ1n) is 11.5. The van der Waals surface area contributed by atoms with Gasteiger partial charge in [-0.05, 0) is 62.0 Å². The van der Waals surface area contributed by atoms with Crippen LogP contribution in [0, 0.1) is 5.92 Å². The molecule has 0 aromatic heterocycles. The number of piperazine rings is 1. The molecule has 0 spiro atoms. The fourth-order valence-electron chi connectivity index (χ4n) is 4.61. The van der Waals surface area contributed by atoms with E-state index in [4.69, 9.17) is 11.6 Å². The summed E-state index contributed by atoms with van der Waals surface area (Å²) < 4.78 is 0. The third-order valence-corrected chi connectivity index (χ3v) is 6.76. The predicted molar refractivity (Wildman–Crippen MR) is 128 cm³/mol. The number of anilines is 1. The van der Waals surface area contributed by atoms with Crippen molar-refractivity contribution in [1.82, 2.24) is 15.1 Å². The monoisotopic (exact) mass is 440 g/mol. The lowest BCUT2D eigenvalue weighted by Crippen LogP contribution is -2.52. The average molecular weight is 441 g/mol. The van der Waals surface area contributed by atoms with Gasteiger partial charge in [-0.2, -0.15) is 0 Å². The second-order valence-corrected chi connectivity index (χ2v) is 9.12. The molecule has 2 aromatic rings. The van der Waals surface area contributed by atoms with Crippen LogP contribution in [0.25, 0.3) is 0 Å². The highest BCUT2D eigenvalue weighted by Gasteiger charge is 2.22. The van der Waals surface area contributed by atoms with Crippen LogP contribution in [0.2, 0.25) is 5.02 Å². The minimum Gasteiger partial charge on any atom is -0.368 e. The molecule has 5 nitrogen and oxygen atoms in total. The van der Waals surface area contributed by atoms with E-state index in [9.17, 15) is 4.79 Å². The summed E-state index contributed by atoms with van der Waals surface area (Å²) >= 11 is 6.10. The number of rotatable bonds is 6. The van der Waals surface area contributed by atoms with Crippen molar-refractivity contribution in [2.45, 2.75) is 25.8 Å². The minimum atomic E-state index is 0.0762. The van der Waals surface area contributed by atoms with Crippen molar-refractivity contribution in [3.05, 3.63) is 65.2 Å². The molecule has 2 amide bonds. The number of likely N-dealkylation sites (tertiary alicyclic amines) is 1. The molecule has 166 valence electrons. The largest absolute Gasteiger partial charge is 0.368 e. The highest BCUT2D eigenvalue weighted by atomic mass is 35.5. The van der Waals surface area contributed by atoms with Crippen LogP contribution < -0.4 is 10.2 Å². The summed E-state index contributed by atoms with van der Waals surface area (Å²) in [5, 5.41) is 3.90. The molecule has 6 heteroatoms. The topological polar surface area (TPSA) is 38.8 Å². The fraction of sp³-hybridized carbons (Fsp3) is 0.480. The van der Waals surface area contributed by atoms with Crippen molar-refractivity contribution in [3.8, 4) is 0 Å². The van der Waals surface area contributed by atoms with Gasteiger partial charge in [0, 0.05) is 50.0 Å². The number of carbonyl (C=O) groups excluding carboxylic acids is 1. The molecule has 0 aliphatic carbocycles. The SMILES string of the molecule is O=C(NCCC1CCN(Cc2ccccc2)CC1)N1CCN(c2cccc(Cl)c2)CC1. The molecule has 2 fully saturated rings. The second kappa shape index (κ2) is 10.9. The lowest BCUT2D eigenvalue weighted by atomic mass is 9.93. The van der Waals surface area contributed by atoms with Gasteiger partial charge in [0.2, 0.25) is 0 Å². The van der Waals surface area contributed by atoms with Crippen molar-refractivity contribution in [3.63, 3.8) is 0 Å². The van der Waals surface area contributed by atoms with Crippen molar-refractivity contribution < 1.29 is 4.79 Å². The van der Waals surface area contributed by atoms with Gasteiger partial charge in [-0.15, -0.1) is 0 Å². The molecular formula is C25H33ClN4O. The summed E-state index contributed by atoms with van der Waals surface area (Å²) in [6.07, 6.45) is 3.52. The number of hydrogen-bond donors (Lipinski definition) is 1. The number of urea groups is 1. The molecule has 2 aromatic carbocycles. The summed E-state index contributed by atoms with van der Waals surface area (Å²) in [5.41, 5.74) is 2.52. The highest BCUT2D eigenvalue weighted by Crippen LogP contribution is 2.22. The van der Waals surface area contributed by atoms with E-state index in [0.717, 1.165) is 69.5 Å². The van der Waals surface area contributed by atoms with Crippen molar-refractivity contribution in [1.29, 1.82) is 0 Å². The molecule has 0 unspecified atom stereocenters. The van der Waals surface area contributed by atoms with Gasteiger partial charge in [0.05, 0.1) is 0 Å². The van der Waals surface area contributed by atoms with Gasteiger partial charge in [-0.1, -0.05) is 48.0 Å². The number of halogens is 1. The summed E-state index contributed by atoms with van der Waals surface area (Å²) in [4.78, 5) is 19.3. The van der Waals surface area contributed by atoms with Crippen molar-refractivity contribution in [2.24, 2.45) is 5.92 Å². The number of nitrogens with one attached hydrogen (secondary N) is 1. The molecule has 0 atom stereocenters. The summed E-state index contributed by atoms with van der Waals surface area (Å²) in [6.45, 7) is 7.30. The first-order valence-corrected chi connectivity index (χ1v) is 11.8. The Morgan fingerprint density at radius 1 is 0.935 bits per heavy atom. The van der Waals surface area contributed by atoms with Gasteiger partial charge in [0.25, 0.3) is 0 Å². The number of carbonyl (C=O) groups is 1. The Balaban J connectivity index is 1.11. The Bertz CT molecular complexity index is 830. The minimum absolute atomic E-state index is 0.0762. The van der Waals surface area contributed by atoms with Gasteiger partial charge >= 0.3 is 6.03 Å². The third-order valence-electron chi connectivity index (χ3n) is 6.53. The van der Waals surface area contributed by atoms with E-state index in [-0.39, 0.29) is 6.03 Å². The lowest BCUT2D eigenvalue weighted by molar-refractivity contribution is 0.169. The smallest absolute Gasteiger partial charge is 0.317 e. The highest BCUT2D eigenvalue weighted by molar-refractivity contribution is 6.30. The molecule has 2 aliphatic rings. The van der Waals surface area contributed by atoms with Gasteiger partial charge in [-0.25, -0.2) is 4.79 Å². The molecule has 31 heavy (non-hydrogen) atoms. The second-order valence-electron chi connectivity index (χ2n) is 8.68. The van der Waals surface area contributed by atoms with Gasteiger partial charge in [-0.3, -0.25) is 4.90 Å². The summed E-state index contributed by atoms with van der Waals surface area (Å²) in [6, 6.07) is 18.7. The van der Waals surface area contributed by atoms with E-state index >= 15 is 0 Å². The van der Waals surface area contributed by atoms with Crippen LogP contribution in [-0.4, -0.2) is 61.6 Å². The molecule has 2 aliphatic heterocycles. The van der Waals surface area contributed by atoms with Crippen molar-refractivity contribution >= 4 is 23.3 Å². The number of amides is 2. The van der Waals surface area contributed by atoms with E-state index in [1.165, 1.54) is 18.4 Å². The molecule has 0 bridgehead atoms. The van der Waals surface area contributed by atoms with Crippen LogP contribution in [0.1, 0.15) is 24.8 Å². The van der Waals surface area contributed by atoms with Crippen LogP contribution >= 0.6 is 11.6 Å². The zero-order valence-corrected chi connectivity index (χ0v) is 18.9. The molecular weight excluding hydrogens is 408 g/mol. The number of piperidine rings is 1. The maximum Gasteiger partial charge on any atom is 0.317 e. The Labute approximate surface area is 191 Å². The Kier molecular flexibility index (Phi) is 7.71. The quantitative estimate of drug-likeness (QED) is 0.720. The molecule has 2 heterocycles. The normalized spacial score (nSPS) is 18.2. The maximum atomic E-state index is 12.6. The Morgan fingerprint density at radius 2 is 1.68 bits per heavy atom. The zero-order valence-electron chi connectivity index (χ0n) is 18.2. The Hall–Kier alpha value is -2.24. The third kappa shape index (κ3) is 6.37. The standard InChI is InChI=1S/C25H33ClN4O/c26-23-7-4-8-24(19-23)29-15-17-30(18-16-29)25(31)27-12-9-21-10-13-28(14-11-21)20-22-5-2-1-3-6-22/h1-8,19,21H,9-18,20H2,(H,27,31). The first-order chi connectivity index (χ1) is 15.2. The molecule has 1 N–H and O–H groups in total. The van der Waals surface area contributed by atoms with Crippen LogP contribution in [0.5, 0.6) is 0 Å². The van der Waals surface area contributed by atoms with Gasteiger partial charge in [0.1, 0.15) is 0 Å². The zero-order chi connectivity index (χ0) is 21.5. The van der Waals surface area contributed by atoms with Gasteiger partial charge in [0.15, 0.2) is 0 Å². The van der Waals surface area contributed by atoms with Crippen LogP contribution in [-0.2, 0) is 6.54 Å². The fourth-order valence-corrected chi connectivity index (χ4v) is 4.79. The maximum absolute atomic E-state index is 12.6. The molecule has 2 saturated heterocycles. The van der Waals surface area contributed by atoms with Crippen LogP contribution in [0.3, 0.4) is 0 Å². The molecule has 4 rings (SSSR count). The van der Waals surface area contributed by atoms with E-state index in [0.29, 0.717) is 5.92 Å². The lowest BCUT2D eigenvalue weighted by Gasteiger charge is -2.36. The van der Waals surface area contributed by atoms with Gasteiger partial charge < -0.3 is 15.1 Å². The predicted octanol–water partition coefficient (Wildman–Crippen LogP) is 4.47. The number of benzene rings is 2. The number of hydrogen-bond acceptors (Lipinski definition) is 3. The van der Waals surface area contributed by atoms with E-state index in [1.54, 1.807) is 0 Å². The van der Waals surface area contributed by atoms with E-state index in [2.05, 4.69) is 51.5 Å². The summed E-state index contributed by atoms with van der Waals surface area (Å²) in [5.74, 6) is 0.715. The van der Waals surface area contributed by atoms with Crippen molar-refractivity contribution in [2.75, 3.05) is 50.7 Å². The summed E-state index contributed by atoms with van der Waals surface area (Å²) in [7, 11) is 0.